The molecule has 0 bridgehead atoms. The summed E-state index contributed by atoms with van der Waals surface area (Å²) < 4.78 is 0. The molecule has 1 aliphatic heterocycles. The first-order chi connectivity index (χ1) is 8.45. The van der Waals surface area contributed by atoms with Crippen LogP contribution in [0.3, 0.4) is 0 Å². The van der Waals surface area contributed by atoms with Crippen molar-refractivity contribution in [3.63, 3.8) is 0 Å². The number of piperidine rings is 1. The molecule has 0 aromatic carbocycles. The molecule has 1 aromatic rings. The fourth-order valence-electron chi connectivity index (χ4n) is 2.58. The second-order valence-corrected chi connectivity index (χ2v) is 5.89. The van der Waals surface area contributed by atoms with Crippen molar-refractivity contribution in [1.29, 1.82) is 0 Å². The van der Waals surface area contributed by atoms with E-state index in [1.807, 2.05) is 6.92 Å². The molecule has 1 fully saturated rings. The van der Waals surface area contributed by atoms with E-state index in [0.29, 0.717) is 11.8 Å². The molecule has 100 valence electrons. The summed E-state index contributed by atoms with van der Waals surface area (Å²) in [6.07, 6.45) is 1.10. The van der Waals surface area contributed by atoms with Crippen LogP contribution in [0.4, 0.5) is 5.95 Å². The monoisotopic (exact) mass is 248 g/mol. The van der Waals surface area contributed by atoms with Gasteiger partial charge >= 0.3 is 0 Å². The lowest BCUT2D eigenvalue weighted by Gasteiger charge is -2.35. The van der Waals surface area contributed by atoms with Gasteiger partial charge in [0.2, 0.25) is 5.95 Å². The van der Waals surface area contributed by atoms with Crippen molar-refractivity contribution in [2.45, 2.75) is 46.1 Å². The fraction of sp³-hybridized carbons (Fsp3) is 0.714. The van der Waals surface area contributed by atoms with Gasteiger partial charge in [-0.05, 0) is 31.2 Å². The minimum absolute atomic E-state index is 0.236. The summed E-state index contributed by atoms with van der Waals surface area (Å²) in [6.45, 7) is 10.5. The summed E-state index contributed by atoms with van der Waals surface area (Å²) in [4.78, 5) is 11.5. The number of hydrogen-bond acceptors (Lipinski definition) is 4. The largest absolute Gasteiger partial charge is 0.339 e. The Labute approximate surface area is 110 Å². The lowest BCUT2D eigenvalue weighted by atomic mass is 9.97. The van der Waals surface area contributed by atoms with Crippen LogP contribution in [0.2, 0.25) is 0 Å². The number of anilines is 1. The molecular weight excluding hydrogens is 224 g/mol. The molecular formula is C14H24N4. The predicted molar refractivity (Wildman–Crippen MR) is 74.8 cm³/mol. The van der Waals surface area contributed by atoms with Crippen molar-refractivity contribution in [2.75, 3.05) is 18.0 Å². The summed E-state index contributed by atoms with van der Waals surface area (Å²) in [5.74, 6) is 1.89. The van der Waals surface area contributed by atoms with Gasteiger partial charge in [-0.2, -0.15) is 0 Å². The third-order valence-electron chi connectivity index (χ3n) is 3.43. The zero-order valence-corrected chi connectivity index (χ0v) is 11.8. The molecule has 0 amide bonds. The van der Waals surface area contributed by atoms with Crippen LogP contribution in [0.1, 0.15) is 44.5 Å². The van der Waals surface area contributed by atoms with Gasteiger partial charge in [0, 0.05) is 30.5 Å². The topological polar surface area (TPSA) is 55.0 Å². The lowest BCUT2D eigenvalue weighted by Crippen LogP contribution is -2.47. The van der Waals surface area contributed by atoms with E-state index in [1.165, 1.54) is 0 Å². The molecule has 0 saturated carbocycles. The summed E-state index contributed by atoms with van der Waals surface area (Å²) in [5.41, 5.74) is 8.24. The van der Waals surface area contributed by atoms with E-state index in [4.69, 9.17) is 5.73 Å². The second kappa shape index (κ2) is 5.22. The summed E-state index contributed by atoms with van der Waals surface area (Å²) in [6, 6.07) is 2.31. The standard InChI is InChI=1S/C14H24N4/c1-9(2)13-6-11(4)16-14(17-13)18-7-10(3)5-12(15)8-18/h6,9-10,12H,5,7-8,15H2,1-4H3. The van der Waals surface area contributed by atoms with Crippen molar-refractivity contribution in [3.05, 3.63) is 17.5 Å². The SMILES string of the molecule is Cc1cc(C(C)C)nc(N2CC(C)CC(N)C2)n1. The number of rotatable bonds is 2. The Kier molecular flexibility index (Phi) is 3.85. The van der Waals surface area contributed by atoms with Gasteiger partial charge in [-0.25, -0.2) is 9.97 Å². The number of aromatic nitrogens is 2. The van der Waals surface area contributed by atoms with Gasteiger partial charge < -0.3 is 10.6 Å². The molecule has 1 aromatic heterocycles. The highest BCUT2D eigenvalue weighted by molar-refractivity contribution is 5.34. The Balaban J connectivity index is 2.26. The lowest BCUT2D eigenvalue weighted by molar-refractivity contribution is 0.397. The molecule has 4 heteroatoms. The van der Waals surface area contributed by atoms with E-state index in [9.17, 15) is 0 Å². The number of nitrogens with two attached hydrogens (primary N) is 1. The molecule has 2 rings (SSSR count). The number of aryl methyl sites for hydroxylation is 1. The molecule has 0 spiro atoms. The van der Waals surface area contributed by atoms with Crippen LogP contribution >= 0.6 is 0 Å². The van der Waals surface area contributed by atoms with Gasteiger partial charge in [0.1, 0.15) is 0 Å². The summed E-state index contributed by atoms with van der Waals surface area (Å²) >= 11 is 0. The van der Waals surface area contributed by atoms with Gasteiger partial charge in [0.05, 0.1) is 0 Å². The van der Waals surface area contributed by atoms with E-state index in [-0.39, 0.29) is 6.04 Å². The highest BCUT2D eigenvalue weighted by Crippen LogP contribution is 2.22. The van der Waals surface area contributed by atoms with Gasteiger partial charge in [0.15, 0.2) is 0 Å². The van der Waals surface area contributed by atoms with Crippen LogP contribution < -0.4 is 10.6 Å². The van der Waals surface area contributed by atoms with Crippen LogP contribution in [0.15, 0.2) is 6.07 Å². The first-order valence-electron chi connectivity index (χ1n) is 6.81. The number of nitrogens with zero attached hydrogens (tertiary/aromatic N) is 3. The molecule has 0 aliphatic carbocycles. The average molecular weight is 248 g/mol. The quantitative estimate of drug-likeness (QED) is 0.870. The van der Waals surface area contributed by atoms with E-state index >= 15 is 0 Å². The summed E-state index contributed by atoms with van der Waals surface area (Å²) in [7, 11) is 0. The molecule has 18 heavy (non-hydrogen) atoms. The third-order valence-corrected chi connectivity index (χ3v) is 3.43. The van der Waals surface area contributed by atoms with Crippen molar-refractivity contribution in [3.8, 4) is 0 Å². The van der Waals surface area contributed by atoms with Gasteiger partial charge in [-0.15, -0.1) is 0 Å². The highest BCUT2D eigenvalue weighted by Gasteiger charge is 2.24. The predicted octanol–water partition coefficient (Wildman–Crippen LogP) is 2.08. The fourth-order valence-corrected chi connectivity index (χ4v) is 2.58. The molecule has 1 aliphatic rings. The van der Waals surface area contributed by atoms with Gasteiger partial charge in [0.25, 0.3) is 0 Å². The minimum atomic E-state index is 0.236. The number of hydrogen-bond donors (Lipinski definition) is 1. The van der Waals surface area contributed by atoms with E-state index in [0.717, 1.165) is 36.8 Å². The zero-order valence-electron chi connectivity index (χ0n) is 11.8. The highest BCUT2D eigenvalue weighted by atomic mass is 15.3. The Hall–Kier alpha value is -1.16. The first-order valence-corrected chi connectivity index (χ1v) is 6.81. The minimum Gasteiger partial charge on any atom is -0.339 e. The molecule has 2 atom stereocenters. The van der Waals surface area contributed by atoms with Crippen molar-refractivity contribution < 1.29 is 0 Å². The molecule has 2 unspecified atom stereocenters. The maximum absolute atomic E-state index is 6.09. The Morgan fingerprint density at radius 2 is 2.06 bits per heavy atom. The normalized spacial score (nSPS) is 24.7. The smallest absolute Gasteiger partial charge is 0.225 e. The average Bonchev–Trinajstić information content (AvgIpc) is 2.26. The van der Waals surface area contributed by atoms with Crippen molar-refractivity contribution in [1.82, 2.24) is 9.97 Å². The molecule has 4 nitrogen and oxygen atoms in total. The molecule has 0 radical (unpaired) electrons. The van der Waals surface area contributed by atoms with Gasteiger partial charge in [-0.3, -0.25) is 0 Å². The first kappa shape index (κ1) is 13.3. The van der Waals surface area contributed by atoms with Crippen LogP contribution in [0.25, 0.3) is 0 Å². The van der Waals surface area contributed by atoms with Crippen molar-refractivity contribution in [2.24, 2.45) is 11.7 Å². The van der Waals surface area contributed by atoms with Crippen LogP contribution in [-0.2, 0) is 0 Å². The zero-order chi connectivity index (χ0) is 13.3. The molecule has 2 heterocycles. The van der Waals surface area contributed by atoms with Crippen LogP contribution in [-0.4, -0.2) is 29.1 Å². The van der Waals surface area contributed by atoms with Crippen LogP contribution in [0, 0.1) is 12.8 Å². The Morgan fingerprint density at radius 1 is 1.33 bits per heavy atom. The Bertz CT molecular complexity index is 406. The van der Waals surface area contributed by atoms with E-state index in [2.05, 4.69) is 41.7 Å². The van der Waals surface area contributed by atoms with Crippen molar-refractivity contribution >= 4 is 5.95 Å². The Morgan fingerprint density at radius 3 is 2.67 bits per heavy atom. The molecule has 1 saturated heterocycles. The van der Waals surface area contributed by atoms with E-state index in [1.54, 1.807) is 0 Å². The maximum atomic E-state index is 6.09. The van der Waals surface area contributed by atoms with E-state index < -0.39 is 0 Å². The summed E-state index contributed by atoms with van der Waals surface area (Å²) in [5, 5.41) is 0. The van der Waals surface area contributed by atoms with Crippen LogP contribution in [0.5, 0.6) is 0 Å². The molecule has 2 N–H and O–H groups in total. The third kappa shape index (κ3) is 2.99. The maximum Gasteiger partial charge on any atom is 0.225 e. The second-order valence-electron chi connectivity index (χ2n) is 5.89. The van der Waals surface area contributed by atoms with Gasteiger partial charge in [-0.1, -0.05) is 20.8 Å².